The molecular formula is C18H32N4O2. The fraction of sp³-hybridized carbons (Fsp3) is 0.889. The van der Waals surface area contributed by atoms with E-state index in [0.29, 0.717) is 18.5 Å². The van der Waals surface area contributed by atoms with E-state index in [1.807, 2.05) is 4.90 Å². The van der Waals surface area contributed by atoms with E-state index in [2.05, 4.69) is 22.5 Å². The molecule has 0 spiro atoms. The van der Waals surface area contributed by atoms with Gasteiger partial charge < -0.3 is 15.5 Å². The molecule has 1 aliphatic carbocycles. The average molecular weight is 336 g/mol. The summed E-state index contributed by atoms with van der Waals surface area (Å²) < 4.78 is 0. The summed E-state index contributed by atoms with van der Waals surface area (Å²) in [6, 6.07) is 0.360. The van der Waals surface area contributed by atoms with Gasteiger partial charge in [0.05, 0.1) is 12.5 Å². The Kier molecular flexibility index (Phi) is 6.11. The van der Waals surface area contributed by atoms with Crippen LogP contribution >= 0.6 is 0 Å². The molecule has 2 amide bonds. The Hall–Kier alpha value is -1.14. The first kappa shape index (κ1) is 17.7. The number of nitrogens with zero attached hydrogens (tertiary/aromatic N) is 2. The summed E-state index contributed by atoms with van der Waals surface area (Å²) in [6.45, 7) is 7.64. The highest BCUT2D eigenvalue weighted by Crippen LogP contribution is 2.23. The van der Waals surface area contributed by atoms with Gasteiger partial charge in [-0.25, -0.2) is 0 Å². The van der Waals surface area contributed by atoms with Gasteiger partial charge in [-0.15, -0.1) is 0 Å². The predicted octanol–water partition coefficient (Wildman–Crippen LogP) is 0.435. The second kappa shape index (κ2) is 8.30. The van der Waals surface area contributed by atoms with Crippen LogP contribution in [0.3, 0.4) is 0 Å². The van der Waals surface area contributed by atoms with Gasteiger partial charge in [-0.1, -0.05) is 19.8 Å². The summed E-state index contributed by atoms with van der Waals surface area (Å²) in [5.74, 6) is 1.32. The first-order valence-electron chi connectivity index (χ1n) is 9.63. The van der Waals surface area contributed by atoms with Gasteiger partial charge in [0.15, 0.2) is 0 Å². The van der Waals surface area contributed by atoms with Gasteiger partial charge in [0.2, 0.25) is 11.8 Å². The minimum Gasteiger partial charge on any atom is -0.352 e. The van der Waals surface area contributed by atoms with Crippen molar-refractivity contribution in [1.82, 2.24) is 20.4 Å². The van der Waals surface area contributed by atoms with Crippen LogP contribution in [-0.4, -0.2) is 73.5 Å². The Balaban J connectivity index is 1.37. The molecule has 2 heterocycles. The Labute approximate surface area is 145 Å². The van der Waals surface area contributed by atoms with Crippen LogP contribution in [0.5, 0.6) is 0 Å². The van der Waals surface area contributed by atoms with E-state index < -0.39 is 0 Å². The fourth-order valence-corrected chi connectivity index (χ4v) is 4.29. The van der Waals surface area contributed by atoms with E-state index in [1.54, 1.807) is 0 Å². The molecule has 24 heavy (non-hydrogen) atoms. The number of hydrogen-bond donors (Lipinski definition) is 2. The third-order valence-electron chi connectivity index (χ3n) is 5.76. The van der Waals surface area contributed by atoms with Crippen LogP contribution in [0.1, 0.15) is 39.0 Å². The van der Waals surface area contributed by atoms with E-state index in [9.17, 15) is 9.59 Å². The van der Waals surface area contributed by atoms with Gasteiger partial charge in [-0.05, 0) is 31.7 Å². The molecule has 6 heteroatoms. The number of amides is 2. The molecule has 3 fully saturated rings. The normalized spacial score (nSPS) is 31.9. The third-order valence-corrected chi connectivity index (χ3v) is 5.76. The Morgan fingerprint density at radius 1 is 1.12 bits per heavy atom. The van der Waals surface area contributed by atoms with Gasteiger partial charge in [0.1, 0.15) is 0 Å². The van der Waals surface area contributed by atoms with Gasteiger partial charge in [-0.2, -0.15) is 0 Å². The maximum atomic E-state index is 12.4. The van der Waals surface area contributed by atoms with Crippen LogP contribution in [0.2, 0.25) is 0 Å². The zero-order valence-electron chi connectivity index (χ0n) is 14.9. The predicted molar refractivity (Wildman–Crippen MR) is 93.6 cm³/mol. The maximum Gasteiger partial charge on any atom is 0.234 e. The van der Waals surface area contributed by atoms with Gasteiger partial charge in [0.25, 0.3) is 0 Å². The standard InChI is InChI=1S/C18H32N4O2/c1-14-3-2-4-16(11-14)20-17(23)13-21-7-9-22(10-8-21)18(24)15-5-6-19-12-15/h14-16,19H,2-13H2,1H3,(H,20,23). The van der Waals surface area contributed by atoms with Crippen molar-refractivity contribution in [3.8, 4) is 0 Å². The van der Waals surface area contributed by atoms with Crippen molar-refractivity contribution in [3.63, 3.8) is 0 Å². The molecule has 3 rings (SSSR count). The van der Waals surface area contributed by atoms with E-state index in [0.717, 1.165) is 64.4 Å². The first-order chi connectivity index (χ1) is 11.6. The molecule has 6 nitrogen and oxygen atoms in total. The van der Waals surface area contributed by atoms with Gasteiger partial charge in [0, 0.05) is 38.8 Å². The molecule has 2 aliphatic heterocycles. The summed E-state index contributed by atoms with van der Waals surface area (Å²) >= 11 is 0. The average Bonchev–Trinajstić information content (AvgIpc) is 3.09. The van der Waals surface area contributed by atoms with Crippen LogP contribution in [0, 0.1) is 11.8 Å². The molecule has 0 aromatic carbocycles. The van der Waals surface area contributed by atoms with Crippen molar-refractivity contribution in [1.29, 1.82) is 0 Å². The quantitative estimate of drug-likeness (QED) is 0.782. The lowest BCUT2D eigenvalue weighted by molar-refractivity contribution is -0.136. The molecule has 3 aliphatic rings. The maximum absolute atomic E-state index is 12.4. The first-order valence-corrected chi connectivity index (χ1v) is 9.63. The van der Waals surface area contributed by atoms with Crippen LogP contribution in [-0.2, 0) is 9.59 Å². The van der Waals surface area contributed by atoms with Crippen molar-refractivity contribution in [2.75, 3.05) is 45.8 Å². The molecule has 0 aromatic rings. The number of rotatable bonds is 4. The molecule has 2 saturated heterocycles. The fourth-order valence-electron chi connectivity index (χ4n) is 4.29. The summed E-state index contributed by atoms with van der Waals surface area (Å²) in [6.07, 6.45) is 5.71. The minimum absolute atomic E-state index is 0.147. The highest BCUT2D eigenvalue weighted by Gasteiger charge is 2.30. The third kappa shape index (κ3) is 4.70. The lowest BCUT2D eigenvalue weighted by Gasteiger charge is -2.36. The zero-order valence-corrected chi connectivity index (χ0v) is 14.9. The largest absolute Gasteiger partial charge is 0.352 e. The molecule has 136 valence electrons. The molecule has 1 saturated carbocycles. The second-order valence-corrected chi connectivity index (χ2v) is 7.83. The van der Waals surface area contributed by atoms with Gasteiger partial charge >= 0.3 is 0 Å². The molecule has 0 aromatic heterocycles. The number of carbonyl (C=O) groups is 2. The Morgan fingerprint density at radius 2 is 1.92 bits per heavy atom. The Morgan fingerprint density at radius 3 is 2.58 bits per heavy atom. The summed E-state index contributed by atoms with van der Waals surface area (Å²) in [5, 5.41) is 6.46. The molecule has 0 radical (unpaired) electrons. The number of hydrogen-bond acceptors (Lipinski definition) is 4. The minimum atomic E-state index is 0.147. The number of carbonyl (C=O) groups excluding carboxylic acids is 2. The lowest BCUT2D eigenvalue weighted by atomic mass is 9.87. The summed E-state index contributed by atoms with van der Waals surface area (Å²) in [5.41, 5.74) is 0. The van der Waals surface area contributed by atoms with Crippen LogP contribution in [0.15, 0.2) is 0 Å². The number of nitrogens with one attached hydrogen (secondary N) is 2. The van der Waals surface area contributed by atoms with Crippen LogP contribution in [0.25, 0.3) is 0 Å². The molecule has 3 atom stereocenters. The second-order valence-electron chi connectivity index (χ2n) is 7.83. The van der Waals surface area contributed by atoms with E-state index in [4.69, 9.17) is 0 Å². The van der Waals surface area contributed by atoms with Crippen molar-refractivity contribution in [3.05, 3.63) is 0 Å². The van der Waals surface area contributed by atoms with Crippen molar-refractivity contribution >= 4 is 11.8 Å². The van der Waals surface area contributed by atoms with Crippen LogP contribution < -0.4 is 10.6 Å². The van der Waals surface area contributed by atoms with E-state index in [1.165, 1.54) is 12.8 Å². The lowest BCUT2D eigenvalue weighted by Crippen LogP contribution is -2.53. The molecular weight excluding hydrogens is 304 g/mol. The highest BCUT2D eigenvalue weighted by atomic mass is 16.2. The number of piperazine rings is 1. The van der Waals surface area contributed by atoms with Crippen molar-refractivity contribution in [2.45, 2.75) is 45.1 Å². The zero-order chi connectivity index (χ0) is 16.9. The topological polar surface area (TPSA) is 64.7 Å². The smallest absolute Gasteiger partial charge is 0.234 e. The SMILES string of the molecule is CC1CCCC(NC(=O)CN2CCN(C(=O)C3CCNC3)CC2)C1. The summed E-state index contributed by atoms with van der Waals surface area (Å²) in [4.78, 5) is 28.8. The van der Waals surface area contributed by atoms with E-state index >= 15 is 0 Å². The van der Waals surface area contributed by atoms with E-state index in [-0.39, 0.29) is 11.8 Å². The molecule has 2 N–H and O–H groups in total. The van der Waals surface area contributed by atoms with Crippen molar-refractivity contribution in [2.24, 2.45) is 11.8 Å². The Bertz CT molecular complexity index is 442. The summed E-state index contributed by atoms with van der Waals surface area (Å²) in [7, 11) is 0. The highest BCUT2D eigenvalue weighted by molar-refractivity contribution is 5.80. The van der Waals surface area contributed by atoms with Crippen molar-refractivity contribution < 1.29 is 9.59 Å². The van der Waals surface area contributed by atoms with Gasteiger partial charge in [-0.3, -0.25) is 14.5 Å². The van der Waals surface area contributed by atoms with Crippen LogP contribution in [0.4, 0.5) is 0 Å². The molecule has 3 unspecified atom stereocenters. The molecule has 0 bridgehead atoms. The monoisotopic (exact) mass is 336 g/mol.